The van der Waals surface area contributed by atoms with Gasteiger partial charge in [0.25, 0.3) is 0 Å². The molecule has 0 aromatic carbocycles. The Labute approximate surface area is 102 Å². The molecule has 100 valence electrons. The molecule has 2 heterocycles. The molecule has 0 saturated carbocycles. The molecule has 0 atom stereocenters. The van der Waals surface area contributed by atoms with Gasteiger partial charge in [0.2, 0.25) is 0 Å². The second-order valence-electron chi connectivity index (χ2n) is 3.36. The van der Waals surface area contributed by atoms with Crippen molar-refractivity contribution in [2.45, 2.75) is 0 Å². The molecule has 0 aromatic heterocycles. The zero-order valence-electron chi connectivity index (χ0n) is 8.91. The van der Waals surface area contributed by atoms with E-state index in [9.17, 15) is 17.9 Å². The fourth-order valence-corrected chi connectivity index (χ4v) is 21.7. The molecule has 2 fully saturated rings. The van der Waals surface area contributed by atoms with Crippen LogP contribution in [0.5, 0.6) is 0 Å². The average molecular weight is 401 g/mol. The van der Waals surface area contributed by atoms with E-state index in [0.29, 0.717) is 9.34 Å². The van der Waals surface area contributed by atoms with Crippen LogP contribution in [0.1, 0.15) is 0 Å². The number of rotatable bonds is 4. The van der Waals surface area contributed by atoms with Crippen molar-refractivity contribution in [2.75, 3.05) is 27.7 Å². The maximum atomic E-state index is 12.2. The van der Waals surface area contributed by atoms with E-state index >= 15 is 0 Å². The number of halogens is 2. The van der Waals surface area contributed by atoms with Crippen LogP contribution in [-0.2, 0) is 20.6 Å². The molecule has 0 radical (unpaired) electrons. The van der Waals surface area contributed by atoms with Gasteiger partial charge < -0.3 is 0 Å². The summed E-state index contributed by atoms with van der Waals surface area (Å²) in [5, 5.41) is 0. The molecule has 2 rings (SSSR count). The van der Waals surface area contributed by atoms with Crippen molar-refractivity contribution in [2.24, 2.45) is 0 Å². The third-order valence-corrected chi connectivity index (χ3v) is 21.4. The Balaban J connectivity index is 1.95. The number of alkyl halides is 2. The molecule has 2 aliphatic heterocycles. The third-order valence-electron chi connectivity index (χ3n) is 2.09. The number of hydrogen-bond donors (Lipinski definition) is 0. The Hall–Kier alpha value is 0.879. The molecule has 17 heavy (non-hydrogen) atoms. The zero-order chi connectivity index (χ0) is 12.9. The fraction of sp³-hybridized carbons (Fsp3) is 1.00. The molecule has 2 saturated heterocycles. The molecule has 0 N–H and O–H groups in total. The molecule has 0 aromatic rings. The van der Waals surface area contributed by atoms with Crippen LogP contribution in [0.2, 0.25) is 0 Å². The van der Waals surface area contributed by atoms with Gasteiger partial charge in [-0.05, 0) is 0 Å². The second-order valence-corrected chi connectivity index (χ2v) is 16.4. The standard InChI is InChI=1S/2C2H7FNO3P.Sn/c2*1-4(2-3)8(5,6)7;/h2*2H2,1H3,(H2,5,6,7);/q;;+4/p-4. The molecule has 8 nitrogen and oxygen atoms in total. The second kappa shape index (κ2) is 4.46. The van der Waals surface area contributed by atoms with Gasteiger partial charge in [0.1, 0.15) is 0 Å². The molecule has 0 aliphatic carbocycles. The van der Waals surface area contributed by atoms with E-state index in [-0.39, 0.29) is 0 Å². The van der Waals surface area contributed by atoms with E-state index in [4.69, 9.17) is 11.4 Å². The van der Waals surface area contributed by atoms with Gasteiger partial charge in [0.05, 0.1) is 0 Å². The van der Waals surface area contributed by atoms with Gasteiger partial charge >= 0.3 is 102 Å². The normalized spacial score (nSPS) is 45.1. The summed E-state index contributed by atoms with van der Waals surface area (Å²) < 4.78 is 68.6. The summed E-state index contributed by atoms with van der Waals surface area (Å²) in [4.78, 5) is 0. The van der Waals surface area contributed by atoms with Gasteiger partial charge in [-0.25, -0.2) is 0 Å². The van der Waals surface area contributed by atoms with Crippen LogP contribution in [0.25, 0.3) is 0 Å². The summed E-state index contributed by atoms with van der Waals surface area (Å²) in [7, 11) is -5.02. The first-order chi connectivity index (χ1) is 7.79. The van der Waals surface area contributed by atoms with Crippen molar-refractivity contribution in [1.29, 1.82) is 0 Å². The Kier molecular flexibility index (Phi) is 3.75. The Morgan fingerprint density at radius 3 is 1.47 bits per heavy atom. The van der Waals surface area contributed by atoms with Crippen molar-refractivity contribution in [3.63, 3.8) is 0 Å². The van der Waals surface area contributed by atoms with Crippen molar-refractivity contribution >= 4 is 35.5 Å². The van der Waals surface area contributed by atoms with Gasteiger partial charge in [0.15, 0.2) is 0 Å². The van der Waals surface area contributed by atoms with Gasteiger partial charge in [-0.3, -0.25) is 0 Å². The van der Waals surface area contributed by atoms with Crippen molar-refractivity contribution in [3.8, 4) is 0 Å². The zero-order valence-corrected chi connectivity index (χ0v) is 13.6. The first-order valence-corrected chi connectivity index (χ1v) is 12.0. The summed E-state index contributed by atoms with van der Waals surface area (Å²) in [6.07, 6.45) is 0. The number of hydrogen-bond acceptors (Lipinski definition) is 6. The van der Waals surface area contributed by atoms with Crippen LogP contribution in [-0.4, -0.2) is 57.1 Å². The van der Waals surface area contributed by atoms with Crippen LogP contribution < -0.4 is 0 Å². The summed E-state index contributed by atoms with van der Waals surface area (Å²) in [5.41, 5.74) is 0. The van der Waals surface area contributed by atoms with Gasteiger partial charge in [-0.15, -0.1) is 0 Å². The van der Waals surface area contributed by atoms with Gasteiger partial charge in [-0.1, -0.05) is 0 Å². The average Bonchev–Trinajstić information content (AvgIpc) is 2.22. The SMILES string of the molecule is CN(CF)P1(=O)[O][Sn]2([O]1)[O]P(=O)(N(C)CF)[O]2. The van der Waals surface area contributed by atoms with E-state index < -0.39 is 49.1 Å². The quantitative estimate of drug-likeness (QED) is 0.398. The fourth-order valence-electron chi connectivity index (χ4n) is 1.06. The van der Waals surface area contributed by atoms with Crippen LogP contribution in [0.4, 0.5) is 8.78 Å². The predicted octanol–water partition coefficient (Wildman–Crippen LogP) is 1.45. The number of nitrogens with zero attached hydrogens (tertiary/aromatic N) is 2. The summed E-state index contributed by atoms with van der Waals surface area (Å²) in [6, 6.07) is 0. The van der Waals surface area contributed by atoms with E-state index in [2.05, 4.69) is 0 Å². The molecular formula is C4H10F2N2O6P2Sn. The molecular weight excluding hydrogens is 391 g/mol. The molecule has 0 unspecified atom stereocenters. The van der Waals surface area contributed by atoms with E-state index in [0.717, 1.165) is 0 Å². The van der Waals surface area contributed by atoms with Gasteiger partial charge in [0, 0.05) is 0 Å². The van der Waals surface area contributed by atoms with Crippen molar-refractivity contribution in [1.82, 2.24) is 9.34 Å². The summed E-state index contributed by atoms with van der Waals surface area (Å²) >= 11 is -4.43. The van der Waals surface area contributed by atoms with Crippen LogP contribution in [0.15, 0.2) is 0 Å². The summed E-state index contributed by atoms with van der Waals surface area (Å²) in [6.45, 7) is -2.08. The first kappa shape index (κ1) is 14.3. The Morgan fingerprint density at radius 1 is 0.941 bits per heavy atom. The monoisotopic (exact) mass is 402 g/mol. The topological polar surface area (TPSA) is 77.5 Å². The first-order valence-electron chi connectivity index (χ1n) is 4.37. The maximum absolute atomic E-state index is 12.2. The summed E-state index contributed by atoms with van der Waals surface area (Å²) in [5.74, 6) is 0. The minimum absolute atomic E-state index is 0.712. The van der Waals surface area contributed by atoms with Crippen LogP contribution in [0, 0.1) is 0 Å². The molecule has 0 bridgehead atoms. The van der Waals surface area contributed by atoms with Crippen LogP contribution >= 0.6 is 15.5 Å². The van der Waals surface area contributed by atoms with E-state index in [1.165, 1.54) is 14.1 Å². The van der Waals surface area contributed by atoms with E-state index in [1.807, 2.05) is 0 Å². The molecule has 0 amide bonds. The minimum atomic E-state index is -4.43. The molecule has 2 aliphatic rings. The predicted molar refractivity (Wildman–Crippen MR) is 52.8 cm³/mol. The molecule has 13 heteroatoms. The Morgan fingerprint density at radius 2 is 1.24 bits per heavy atom. The Bertz CT molecular complexity index is 363. The van der Waals surface area contributed by atoms with E-state index in [1.54, 1.807) is 0 Å². The van der Waals surface area contributed by atoms with Crippen molar-refractivity contribution < 1.29 is 29.4 Å². The third kappa shape index (κ3) is 2.24. The van der Waals surface area contributed by atoms with Crippen LogP contribution in [0.3, 0.4) is 0 Å². The van der Waals surface area contributed by atoms with Gasteiger partial charge in [-0.2, -0.15) is 0 Å². The molecule has 1 spiro atoms. The van der Waals surface area contributed by atoms with Crippen molar-refractivity contribution in [3.05, 3.63) is 0 Å².